The molecule has 21 heavy (non-hydrogen) atoms. The van der Waals surface area contributed by atoms with Gasteiger partial charge in [-0.1, -0.05) is 12.1 Å². The summed E-state index contributed by atoms with van der Waals surface area (Å²) in [5.74, 6) is 0.833. The van der Waals surface area contributed by atoms with Gasteiger partial charge in [0.05, 0.1) is 6.61 Å². The van der Waals surface area contributed by atoms with E-state index < -0.39 is 0 Å². The van der Waals surface area contributed by atoms with E-state index in [1.54, 1.807) is 0 Å². The molecule has 2 unspecified atom stereocenters. The summed E-state index contributed by atoms with van der Waals surface area (Å²) in [6.07, 6.45) is 3.04. The molecule has 0 aliphatic carbocycles. The predicted octanol–water partition coefficient (Wildman–Crippen LogP) is 1.68. The molecule has 0 aromatic heterocycles. The fourth-order valence-corrected chi connectivity index (χ4v) is 2.70. The molecule has 1 aliphatic heterocycles. The fourth-order valence-electron chi connectivity index (χ4n) is 2.70. The predicted molar refractivity (Wildman–Crippen MR) is 81.0 cm³/mol. The number of nitrogens with one attached hydrogen (secondary N) is 1. The second kappa shape index (κ2) is 8.00. The highest BCUT2D eigenvalue weighted by Crippen LogP contribution is 2.29. The zero-order valence-electron chi connectivity index (χ0n) is 12.5. The Labute approximate surface area is 125 Å². The maximum absolute atomic E-state index is 10.1. The van der Waals surface area contributed by atoms with E-state index in [1.165, 1.54) is 0 Å². The Kier molecular flexibility index (Phi) is 6.02. The summed E-state index contributed by atoms with van der Waals surface area (Å²) in [6, 6.07) is 8.19. The number of nitrogens with zero attached hydrogens (tertiary/aromatic N) is 1. The molecule has 0 radical (unpaired) electrons. The third-order valence-corrected chi connectivity index (χ3v) is 3.92. The Morgan fingerprint density at radius 1 is 1.57 bits per heavy atom. The number of hydrogen-bond acceptors (Lipinski definition) is 4. The van der Waals surface area contributed by atoms with Crippen molar-refractivity contribution in [1.82, 2.24) is 10.2 Å². The summed E-state index contributed by atoms with van der Waals surface area (Å²) in [4.78, 5) is 12.3. The van der Waals surface area contributed by atoms with E-state index in [0.29, 0.717) is 19.6 Å². The molecule has 1 saturated heterocycles. The fraction of sp³-hybridized carbons (Fsp3) is 0.562. The monoisotopic (exact) mass is 292 g/mol. The van der Waals surface area contributed by atoms with Gasteiger partial charge < -0.3 is 15.2 Å². The van der Waals surface area contributed by atoms with Gasteiger partial charge in [-0.05, 0) is 43.9 Å². The van der Waals surface area contributed by atoms with Crippen molar-refractivity contribution in [3.05, 3.63) is 29.8 Å². The first kappa shape index (κ1) is 15.8. The van der Waals surface area contributed by atoms with Crippen molar-refractivity contribution in [1.29, 1.82) is 0 Å². The SMILES string of the molecule is CC(c1cccc(OCCCNC=O)c1)N1CCCC1O. The summed E-state index contributed by atoms with van der Waals surface area (Å²) in [5.41, 5.74) is 1.15. The minimum atomic E-state index is -0.334. The molecule has 1 aromatic rings. The molecule has 0 saturated carbocycles. The van der Waals surface area contributed by atoms with Crippen LogP contribution in [0.15, 0.2) is 24.3 Å². The molecule has 2 atom stereocenters. The highest BCUT2D eigenvalue weighted by Gasteiger charge is 2.27. The third-order valence-electron chi connectivity index (χ3n) is 3.92. The molecular formula is C16H24N2O3. The van der Waals surface area contributed by atoms with Crippen LogP contribution in [0.25, 0.3) is 0 Å². The number of aliphatic hydroxyl groups is 1. The van der Waals surface area contributed by atoms with Crippen molar-refractivity contribution in [2.75, 3.05) is 19.7 Å². The lowest BCUT2D eigenvalue weighted by atomic mass is 10.1. The van der Waals surface area contributed by atoms with Gasteiger partial charge in [0.15, 0.2) is 0 Å². The smallest absolute Gasteiger partial charge is 0.207 e. The van der Waals surface area contributed by atoms with E-state index >= 15 is 0 Å². The van der Waals surface area contributed by atoms with Crippen LogP contribution in [0.2, 0.25) is 0 Å². The van der Waals surface area contributed by atoms with Crippen molar-refractivity contribution >= 4 is 6.41 Å². The first-order valence-corrected chi connectivity index (χ1v) is 7.56. The molecule has 1 heterocycles. The maximum atomic E-state index is 10.1. The molecule has 0 spiro atoms. The largest absolute Gasteiger partial charge is 0.494 e. The zero-order chi connectivity index (χ0) is 15.1. The molecule has 1 fully saturated rings. The lowest BCUT2D eigenvalue weighted by Gasteiger charge is -2.28. The average Bonchev–Trinajstić information content (AvgIpc) is 2.93. The molecule has 116 valence electrons. The number of rotatable bonds is 8. The van der Waals surface area contributed by atoms with E-state index in [9.17, 15) is 9.90 Å². The first-order chi connectivity index (χ1) is 10.2. The van der Waals surface area contributed by atoms with E-state index in [4.69, 9.17) is 4.74 Å². The summed E-state index contributed by atoms with van der Waals surface area (Å²) in [5, 5.41) is 12.6. The molecule has 0 bridgehead atoms. The topological polar surface area (TPSA) is 61.8 Å². The second-order valence-corrected chi connectivity index (χ2v) is 5.38. The highest BCUT2D eigenvalue weighted by atomic mass is 16.5. The number of likely N-dealkylation sites (tertiary alicyclic amines) is 1. The van der Waals surface area contributed by atoms with E-state index in [1.807, 2.05) is 18.2 Å². The van der Waals surface area contributed by atoms with E-state index in [0.717, 1.165) is 37.1 Å². The number of benzene rings is 1. The van der Waals surface area contributed by atoms with Crippen LogP contribution in [0.3, 0.4) is 0 Å². The standard InChI is InChI=1S/C16H24N2O3/c1-13(18-9-3-7-16(18)20)14-5-2-6-15(11-14)21-10-4-8-17-12-19/h2,5-6,11-13,16,20H,3-4,7-10H2,1H3,(H,17,19). The Bertz CT molecular complexity index is 453. The molecule has 5 nitrogen and oxygen atoms in total. The lowest BCUT2D eigenvalue weighted by Crippen LogP contribution is -2.31. The minimum absolute atomic E-state index is 0.183. The zero-order valence-corrected chi connectivity index (χ0v) is 12.5. The van der Waals surface area contributed by atoms with Gasteiger partial charge in [-0.15, -0.1) is 0 Å². The van der Waals surface area contributed by atoms with Crippen LogP contribution in [-0.2, 0) is 4.79 Å². The number of amides is 1. The quantitative estimate of drug-likeness (QED) is 0.565. The van der Waals surface area contributed by atoms with Crippen LogP contribution in [0.1, 0.15) is 37.8 Å². The van der Waals surface area contributed by atoms with E-state index in [-0.39, 0.29) is 12.3 Å². The third kappa shape index (κ3) is 4.44. The van der Waals surface area contributed by atoms with Gasteiger partial charge in [-0.25, -0.2) is 0 Å². The molecule has 5 heteroatoms. The van der Waals surface area contributed by atoms with Gasteiger partial charge in [-0.3, -0.25) is 9.69 Å². The number of carbonyl (C=O) groups excluding carboxylic acids is 1. The van der Waals surface area contributed by atoms with Crippen molar-refractivity contribution in [2.24, 2.45) is 0 Å². The van der Waals surface area contributed by atoms with Gasteiger partial charge in [0.25, 0.3) is 0 Å². The number of hydrogen-bond donors (Lipinski definition) is 2. The van der Waals surface area contributed by atoms with Gasteiger partial charge in [0, 0.05) is 19.1 Å². The Morgan fingerprint density at radius 3 is 3.14 bits per heavy atom. The van der Waals surface area contributed by atoms with Gasteiger partial charge >= 0.3 is 0 Å². The van der Waals surface area contributed by atoms with Crippen LogP contribution in [0, 0.1) is 0 Å². The lowest BCUT2D eigenvalue weighted by molar-refractivity contribution is -0.109. The Morgan fingerprint density at radius 2 is 2.43 bits per heavy atom. The molecule has 1 amide bonds. The summed E-state index contributed by atoms with van der Waals surface area (Å²) in [7, 11) is 0. The highest BCUT2D eigenvalue weighted by molar-refractivity contribution is 5.45. The number of aliphatic hydroxyl groups excluding tert-OH is 1. The number of ether oxygens (including phenoxy) is 1. The van der Waals surface area contributed by atoms with Crippen molar-refractivity contribution in [2.45, 2.75) is 38.5 Å². The van der Waals surface area contributed by atoms with Crippen molar-refractivity contribution in [3.8, 4) is 5.75 Å². The molecule has 2 N–H and O–H groups in total. The Balaban J connectivity index is 1.89. The Hall–Kier alpha value is -1.59. The van der Waals surface area contributed by atoms with Crippen molar-refractivity contribution < 1.29 is 14.6 Å². The van der Waals surface area contributed by atoms with E-state index in [2.05, 4.69) is 23.2 Å². The van der Waals surface area contributed by atoms with Gasteiger partial charge in [0.2, 0.25) is 6.41 Å². The first-order valence-electron chi connectivity index (χ1n) is 7.56. The van der Waals surface area contributed by atoms with Crippen molar-refractivity contribution in [3.63, 3.8) is 0 Å². The molecule has 1 aliphatic rings. The van der Waals surface area contributed by atoms with Crippen LogP contribution in [-0.4, -0.2) is 42.3 Å². The normalized spacial score (nSPS) is 20.2. The summed E-state index contributed by atoms with van der Waals surface area (Å²) < 4.78 is 5.70. The van der Waals surface area contributed by atoms with Crippen LogP contribution in [0.5, 0.6) is 5.75 Å². The molecular weight excluding hydrogens is 268 g/mol. The summed E-state index contributed by atoms with van der Waals surface area (Å²) >= 11 is 0. The van der Waals surface area contributed by atoms with Gasteiger partial charge in [-0.2, -0.15) is 0 Å². The van der Waals surface area contributed by atoms with Crippen LogP contribution >= 0.6 is 0 Å². The maximum Gasteiger partial charge on any atom is 0.207 e. The second-order valence-electron chi connectivity index (χ2n) is 5.38. The van der Waals surface area contributed by atoms with Crippen LogP contribution in [0.4, 0.5) is 0 Å². The summed E-state index contributed by atoms with van der Waals surface area (Å²) in [6.45, 7) is 4.25. The number of carbonyl (C=O) groups is 1. The molecule has 1 aromatic carbocycles. The molecule has 2 rings (SSSR count). The average molecular weight is 292 g/mol. The van der Waals surface area contributed by atoms with Gasteiger partial charge in [0.1, 0.15) is 12.0 Å². The van der Waals surface area contributed by atoms with Crippen LogP contribution < -0.4 is 10.1 Å². The minimum Gasteiger partial charge on any atom is -0.494 e.